The van der Waals surface area contributed by atoms with Gasteiger partial charge in [-0.15, -0.1) is 0 Å². The average Bonchev–Trinajstić information content (AvgIpc) is 3.35. The summed E-state index contributed by atoms with van der Waals surface area (Å²) < 4.78 is 252. The highest BCUT2D eigenvalue weighted by Gasteiger charge is 2.19. The summed E-state index contributed by atoms with van der Waals surface area (Å²) in [4.78, 5) is 0. The number of benzene rings is 9. The molecular formula is C44H28. The maximum atomic E-state index is 9.71. The van der Waals surface area contributed by atoms with Crippen LogP contribution in [0.2, 0.25) is 0 Å². The Morgan fingerprint density at radius 3 is 1.43 bits per heavy atom. The van der Waals surface area contributed by atoms with Crippen LogP contribution in [-0.4, -0.2) is 0 Å². The van der Waals surface area contributed by atoms with Gasteiger partial charge in [-0.2, -0.15) is 0 Å². The van der Waals surface area contributed by atoms with Gasteiger partial charge in [0.2, 0.25) is 0 Å². The summed E-state index contributed by atoms with van der Waals surface area (Å²) in [5.74, 6) is 0. The van der Waals surface area contributed by atoms with E-state index in [1.54, 1.807) is 0 Å². The van der Waals surface area contributed by atoms with Crippen LogP contribution in [0.4, 0.5) is 0 Å². The molecule has 0 spiro atoms. The van der Waals surface area contributed by atoms with Crippen molar-refractivity contribution in [3.8, 4) is 33.4 Å². The van der Waals surface area contributed by atoms with Gasteiger partial charge >= 0.3 is 0 Å². The molecule has 0 aliphatic carbocycles. The lowest BCUT2D eigenvalue weighted by atomic mass is 9.83. The first-order chi connectivity index (χ1) is 33.5. The van der Waals surface area contributed by atoms with E-state index in [1.165, 1.54) is 0 Å². The molecule has 9 rings (SSSR count). The van der Waals surface area contributed by atoms with E-state index in [0.717, 1.165) is 0 Å². The molecule has 0 bridgehead atoms. The van der Waals surface area contributed by atoms with Crippen molar-refractivity contribution in [2.45, 2.75) is 0 Å². The molecule has 0 heterocycles. The summed E-state index contributed by atoms with van der Waals surface area (Å²) in [6.45, 7) is 0. The van der Waals surface area contributed by atoms with Crippen molar-refractivity contribution in [3.05, 3.63) is 169 Å². The molecule has 0 radical (unpaired) electrons. The number of fused-ring (bicyclic) bond motifs is 6. The molecule has 9 aromatic carbocycles. The third-order valence-corrected chi connectivity index (χ3v) is 7.19. The van der Waals surface area contributed by atoms with Crippen LogP contribution in [0.5, 0.6) is 0 Å². The van der Waals surface area contributed by atoms with Gasteiger partial charge in [-0.3, -0.25) is 0 Å². The smallest absolute Gasteiger partial charge is 0.0622 e. The zero-order chi connectivity index (χ0) is 53.4. The molecule has 0 aromatic heterocycles. The normalized spacial score (nSPS) is 20.5. The quantitative estimate of drug-likeness (QED) is 0.143. The van der Waals surface area contributed by atoms with Crippen molar-refractivity contribution in [2.24, 2.45) is 0 Å². The predicted molar refractivity (Wildman–Crippen MR) is 190 cm³/mol. The number of hydrogen-bond donors (Lipinski definition) is 0. The van der Waals surface area contributed by atoms with Crippen LogP contribution in [0.1, 0.15) is 38.4 Å². The summed E-state index contributed by atoms with van der Waals surface area (Å²) >= 11 is 0. The molecule has 0 fully saturated rings. The van der Waals surface area contributed by atoms with E-state index in [0.29, 0.717) is 0 Å². The molecule has 0 nitrogen and oxygen atoms in total. The van der Waals surface area contributed by atoms with Gasteiger partial charge in [0.15, 0.2) is 0 Å². The lowest BCUT2D eigenvalue weighted by Crippen LogP contribution is -1.92. The van der Waals surface area contributed by atoms with E-state index in [2.05, 4.69) is 0 Å². The zero-order valence-corrected chi connectivity index (χ0v) is 22.0. The Morgan fingerprint density at radius 1 is 0.273 bits per heavy atom. The van der Waals surface area contributed by atoms with E-state index in [1.807, 2.05) is 0 Å². The van der Waals surface area contributed by atoms with E-state index < -0.39 is 256 Å². The second-order valence-electron chi connectivity index (χ2n) is 9.50. The molecule has 0 N–H and O–H groups in total. The van der Waals surface area contributed by atoms with E-state index in [-0.39, 0.29) is 0 Å². The maximum absolute atomic E-state index is 9.71. The predicted octanol–water partition coefficient (Wildman–Crippen LogP) is 12.5. The molecule has 0 aliphatic rings. The van der Waals surface area contributed by atoms with Crippen LogP contribution in [0.3, 0.4) is 0 Å². The van der Waals surface area contributed by atoms with Crippen LogP contribution < -0.4 is 0 Å². The Labute approximate surface area is 295 Å². The van der Waals surface area contributed by atoms with Crippen molar-refractivity contribution < 1.29 is 38.4 Å². The largest absolute Gasteiger partial charge is 0.0636 e. The minimum absolute atomic E-state index is 0.512. The zero-order valence-electron chi connectivity index (χ0n) is 50.0. The second kappa shape index (κ2) is 9.93. The highest BCUT2D eigenvalue weighted by molar-refractivity contribution is 6.24. The lowest BCUT2D eigenvalue weighted by Gasteiger charge is -2.20. The van der Waals surface area contributed by atoms with Gasteiger partial charge in [0.1, 0.15) is 0 Å². The number of rotatable bonds is 3. The first-order valence-electron chi connectivity index (χ1n) is 27.0. The summed E-state index contributed by atoms with van der Waals surface area (Å²) in [6.07, 6.45) is 0. The number of hydrogen-bond acceptors (Lipinski definition) is 0. The van der Waals surface area contributed by atoms with Crippen LogP contribution in [-0.2, 0) is 0 Å². The summed E-state index contributed by atoms with van der Waals surface area (Å²) in [7, 11) is 0. The Bertz CT molecular complexity index is 4010. The molecule has 0 saturated carbocycles. The Morgan fingerprint density at radius 2 is 0.750 bits per heavy atom. The molecule has 0 heteroatoms. The van der Waals surface area contributed by atoms with Crippen molar-refractivity contribution in [3.63, 3.8) is 0 Å². The summed E-state index contributed by atoms with van der Waals surface area (Å²) in [6, 6.07) is -26.8. The molecule has 204 valence electrons. The monoisotopic (exact) mass is 584 g/mol. The van der Waals surface area contributed by atoms with Gasteiger partial charge in [-0.25, -0.2) is 0 Å². The van der Waals surface area contributed by atoms with Gasteiger partial charge in [0.25, 0.3) is 0 Å². The van der Waals surface area contributed by atoms with Crippen LogP contribution in [0, 0.1) is 0 Å². The average molecular weight is 585 g/mol. The first-order valence-corrected chi connectivity index (χ1v) is 13.0. The molecular weight excluding hydrogens is 528 g/mol. The topological polar surface area (TPSA) is 0 Å². The van der Waals surface area contributed by atoms with Gasteiger partial charge in [-0.1, -0.05) is 163 Å². The minimum Gasteiger partial charge on any atom is -0.0622 e. The Kier molecular flexibility index (Phi) is 2.18. The van der Waals surface area contributed by atoms with Gasteiger partial charge in [0.05, 0.1) is 38.4 Å². The molecule has 44 heavy (non-hydrogen) atoms. The van der Waals surface area contributed by atoms with Crippen LogP contribution >= 0.6 is 0 Å². The fourth-order valence-corrected chi connectivity index (χ4v) is 5.34. The molecule has 9 aromatic rings. The maximum Gasteiger partial charge on any atom is 0.0636 e. The third-order valence-electron chi connectivity index (χ3n) is 7.19. The first kappa shape index (κ1) is 9.64. The minimum atomic E-state index is -1.09. The summed E-state index contributed by atoms with van der Waals surface area (Å²) in [5.41, 5.74) is -4.70. The molecule has 0 amide bonds. The standard InChI is InChI=1S/C44H28/c1-2-12-29(13-3-1)34-26-27-42(37-17-7-6-16-36(34)37)44-40-20-10-8-18-38(40)43(39-19-9-11-21-41(39)44)32-24-25-35-31(28-32)23-22-30-14-4-5-15-33(30)35/h1-28H/i1D,2D,3D,4D,5D,6D,7D,8D,9D,10D,11D,12D,13D,14D,15D,16D,17D,18D,19D,20D,21D,22D,23D,24D,25D,26D,27D,28D. The third kappa shape index (κ3) is 3.78. The van der Waals surface area contributed by atoms with E-state index in [4.69, 9.17) is 23.3 Å². The Balaban J connectivity index is 1.65. The van der Waals surface area contributed by atoms with Crippen molar-refractivity contribution >= 4 is 53.9 Å². The fraction of sp³-hybridized carbons (Fsp3) is 0. The SMILES string of the molecule is [2H]c1c([2H])c([2H])c(-c2c([2H])c([2H])c(-c3c4c([2H])c([2H])c([2H])c([2H])c4c(-c4c([2H])c([2H])c5c(c4[2H])c([2H])c([2H])c4c([2H])c([2H])c([2H])c([2H])c45)c4c([2H])c([2H])c([2H])c([2H])c34)c3c([2H])c([2H])c([2H])c([2H])c23)c([2H])c1[2H]. The molecule has 0 unspecified atom stereocenters. The van der Waals surface area contributed by atoms with Crippen molar-refractivity contribution in [1.29, 1.82) is 0 Å². The molecule has 0 atom stereocenters. The highest BCUT2D eigenvalue weighted by atomic mass is 14.2. The van der Waals surface area contributed by atoms with Crippen LogP contribution in [0.25, 0.3) is 87.2 Å². The van der Waals surface area contributed by atoms with Crippen molar-refractivity contribution in [1.82, 2.24) is 0 Å². The second-order valence-corrected chi connectivity index (χ2v) is 9.50. The van der Waals surface area contributed by atoms with Crippen LogP contribution in [0.15, 0.2) is 169 Å². The fourth-order valence-electron chi connectivity index (χ4n) is 5.34. The molecule has 0 saturated heterocycles. The van der Waals surface area contributed by atoms with Gasteiger partial charge in [-0.05, 0) is 93.3 Å². The van der Waals surface area contributed by atoms with Gasteiger partial charge < -0.3 is 0 Å². The Hall–Kier alpha value is -5.72. The molecule has 0 aliphatic heterocycles. The van der Waals surface area contributed by atoms with Gasteiger partial charge in [0, 0.05) is 0 Å². The summed E-state index contributed by atoms with van der Waals surface area (Å²) in [5, 5.41) is -6.88. The highest BCUT2D eigenvalue weighted by Crippen LogP contribution is 2.46. The lowest BCUT2D eigenvalue weighted by molar-refractivity contribution is 1.64. The van der Waals surface area contributed by atoms with E-state index >= 15 is 0 Å². The van der Waals surface area contributed by atoms with Crippen molar-refractivity contribution in [2.75, 3.05) is 0 Å². The van der Waals surface area contributed by atoms with E-state index in [9.17, 15) is 15.1 Å².